The molecule has 4 rings (SSSR count). The molecule has 3 aromatic heterocycles. The zero-order chi connectivity index (χ0) is 13.5. The van der Waals surface area contributed by atoms with Gasteiger partial charge in [-0.25, -0.2) is 9.97 Å². The molecule has 1 saturated heterocycles. The molecule has 0 aliphatic carbocycles. The Morgan fingerprint density at radius 3 is 3.15 bits per heavy atom. The highest BCUT2D eigenvalue weighted by Crippen LogP contribution is 2.38. The number of hydrogen-bond acceptors (Lipinski definition) is 5. The van der Waals surface area contributed by atoms with Crippen molar-refractivity contribution < 1.29 is 0 Å². The SMILES string of the molecule is Cn1cc(C2CCCN2c2ncnc3ccsc23)cn1. The van der Waals surface area contributed by atoms with Gasteiger partial charge in [-0.3, -0.25) is 4.68 Å². The summed E-state index contributed by atoms with van der Waals surface area (Å²) in [7, 11) is 1.96. The number of nitrogens with zero attached hydrogens (tertiary/aromatic N) is 5. The van der Waals surface area contributed by atoms with E-state index < -0.39 is 0 Å². The van der Waals surface area contributed by atoms with Crippen LogP contribution in [0.4, 0.5) is 5.82 Å². The van der Waals surface area contributed by atoms with Gasteiger partial charge in [-0.1, -0.05) is 0 Å². The summed E-state index contributed by atoms with van der Waals surface area (Å²) in [5, 5.41) is 6.38. The molecule has 4 heterocycles. The van der Waals surface area contributed by atoms with Crippen molar-refractivity contribution in [2.45, 2.75) is 18.9 Å². The molecular formula is C14H15N5S. The van der Waals surface area contributed by atoms with Crippen molar-refractivity contribution in [1.82, 2.24) is 19.7 Å². The van der Waals surface area contributed by atoms with Crippen LogP contribution in [-0.2, 0) is 7.05 Å². The van der Waals surface area contributed by atoms with E-state index in [4.69, 9.17) is 0 Å². The number of rotatable bonds is 2. The Kier molecular flexibility index (Phi) is 2.70. The van der Waals surface area contributed by atoms with Gasteiger partial charge in [0.2, 0.25) is 0 Å². The van der Waals surface area contributed by atoms with Crippen LogP contribution in [0.15, 0.2) is 30.2 Å². The van der Waals surface area contributed by atoms with E-state index in [1.807, 2.05) is 17.9 Å². The number of hydrogen-bond donors (Lipinski definition) is 0. The minimum absolute atomic E-state index is 0.379. The van der Waals surface area contributed by atoms with Gasteiger partial charge >= 0.3 is 0 Å². The maximum absolute atomic E-state index is 4.54. The highest BCUT2D eigenvalue weighted by atomic mass is 32.1. The molecule has 20 heavy (non-hydrogen) atoms. The monoisotopic (exact) mass is 285 g/mol. The quantitative estimate of drug-likeness (QED) is 0.726. The fraction of sp³-hybridized carbons (Fsp3) is 0.357. The van der Waals surface area contributed by atoms with Gasteiger partial charge in [0.1, 0.15) is 6.33 Å². The number of anilines is 1. The Bertz CT molecular complexity index is 747. The second-order valence-corrected chi connectivity index (χ2v) is 6.05. The first kappa shape index (κ1) is 11.8. The lowest BCUT2D eigenvalue weighted by Crippen LogP contribution is -2.23. The van der Waals surface area contributed by atoms with Crippen LogP contribution in [0.3, 0.4) is 0 Å². The average Bonchev–Trinajstić information content (AvgIpc) is 3.17. The summed E-state index contributed by atoms with van der Waals surface area (Å²) in [6.07, 6.45) is 8.09. The Hall–Kier alpha value is -1.95. The van der Waals surface area contributed by atoms with Gasteiger partial charge in [0.15, 0.2) is 5.82 Å². The van der Waals surface area contributed by atoms with Gasteiger partial charge in [0.05, 0.1) is 22.5 Å². The lowest BCUT2D eigenvalue weighted by Gasteiger charge is -2.25. The van der Waals surface area contributed by atoms with Crippen LogP contribution in [0, 0.1) is 0 Å². The Labute approximate surface area is 120 Å². The first-order valence-electron chi connectivity index (χ1n) is 6.76. The molecule has 0 saturated carbocycles. The first-order valence-corrected chi connectivity index (χ1v) is 7.64. The van der Waals surface area contributed by atoms with E-state index in [0.717, 1.165) is 24.3 Å². The van der Waals surface area contributed by atoms with Gasteiger partial charge < -0.3 is 4.90 Å². The Balaban J connectivity index is 1.78. The molecule has 1 unspecified atom stereocenters. The van der Waals surface area contributed by atoms with E-state index in [1.165, 1.54) is 16.7 Å². The average molecular weight is 285 g/mol. The maximum Gasteiger partial charge on any atom is 0.150 e. The summed E-state index contributed by atoms with van der Waals surface area (Å²) in [5.74, 6) is 1.07. The third-order valence-electron chi connectivity index (χ3n) is 3.86. The van der Waals surface area contributed by atoms with E-state index in [-0.39, 0.29) is 0 Å². The lowest BCUT2D eigenvalue weighted by molar-refractivity contribution is 0.710. The van der Waals surface area contributed by atoms with Crippen LogP contribution in [-0.4, -0.2) is 26.3 Å². The van der Waals surface area contributed by atoms with Crippen LogP contribution >= 0.6 is 11.3 Å². The lowest BCUT2D eigenvalue weighted by atomic mass is 10.1. The summed E-state index contributed by atoms with van der Waals surface area (Å²) < 4.78 is 3.05. The topological polar surface area (TPSA) is 46.8 Å². The van der Waals surface area contributed by atoms with E-state index in [9.17, 15) is 0 Å². The predicted molar refractivity (Wildman–Crippen MR) is 79.9 cm³/mol. The summed E-state index contributed by atoms with van der Waals surface area (Å²) >= 11 is 1.72. The van der Waals surface area contributed by atoms with Crippen molar-refractivity contribution in [3.05, 3.63) is 35.7 Å². The maximum atomic E-state index is 4.54. The van der Waals surface area contributed by atoms with Crippen molar-refractivity contribution in [2.24, 2.45) is 7.05 Å². The van der Waals surface area contributed by atoms with Crippen LogP contribution < -0.4 is 4.90 Å². The normalized spacial score (nSPS) is 19.1. The molecule has 0 radical (unpaired) electrons. The molecule has 3 aromatic rings. The summed E-state index contributed by atoms with van der Waals surface area (Å²) in [5.41, 5.74) is 2.31. The van der Waals surface area contributed by atoms with Crippen molar-refractivity contribution in [1.29, 1.82) is 0 Å². The van der Waals surface area contributed by atoms with E-state index in [0.29, 0.717) is 6.04 Å². The second-order valence-electron chi connectivity index (χ2n) is 5.13. The largest absolute Gasteiger partial charge is 0.348 e. The fourth-order valence-electron chi connectivity index (χ4n) is 2.96. The van der Waals surface area contributed by atoms with Gasteiger partial charge in [-0.2, -0.15) is 5.10 Å². The van der Waals surface area contributed by atoms with Gasteiger partial charge in [0, 0.05) is 25.4 Å². The van der Waals surface area contributed by atoms with Gasteiger partial charge in [0.25, 0.3) is 0 Å². The van der Waals surface area contributed by atoms with Crippen molar-refractivity contribution in [3.63, 3.8) is 0 Å². The van der Waals surface area contributed by atoms with Crippen molar-refractivity contribution in [2.75, 3.05) is 11.4 Å². The van der Waals surface area contributed by atoms with Crippen LogP contribution in [0.2, 0.25) is 0 Å². The molecule has 0 bridgehead atoms. The molecule has 0 N–H and O–H groups in total. The first-order chi connectivity index (χ1) is 9.83. The fourth-order valence-corrected chi connectivity index (χ4v) is 3.81. The van der Waals surface area contributed by atoms with Gasteiger partial charge in [-0.05, 0) is 24.3 Å². The zero-order valence-electron chi connectivity index (χ0n) is 11.2. The highest BCUT2D eigenvalue weighted by Gasteiger charge is 2.29. The molecule has 0 spiro atoms. The van der Waals surface area contributed by atoms with E-state index in [1.54, 1.807) is 17.7 Å². The standard InChI is InChI=1S/C14H15N5S/c1-18-8-10(7-17-18)12-3-2-5-19(12)14-13-11(4-6-20-13)15-9-16-14/h4,6-9,12H,2-3,5H2,1H3. The molecule has 1 atom stereocenters. The summed E-state index contributed by atoms with van der Waals surface area (Å²) in [6.45, 7) is 1.05. The zero-order valence-corrected chi connectivity index (χ0v) is 12.0. The Morgan fingerprint density at radius 2 is 2.30 bits per heavy atom. The minimum Gasteiger partial charge on any atom is -0.348 e. The van der Waals surface area contributed by atoms with Gasteiger partial charge in [-0.15, -0.1) is 11.3 Å². The summed E-state index contributed by atoms with van der Waals surface area (Å²) in [6, 6.07) is 2.43. The van der Waals surface area contributed by atoms with Crippen LogP contribution in [0.5, 0.6) is 0 Å². The van der Waals surface area contributed by atoms with Crippen molar-refractivity contribution in [3.8, 4) is 0 Å². The third-order valence-corrected chi connectivity index (χ3v) is 4.76. The molecule has 0 aromatic carbocycles. The predicted octanol–water partition coefficient (Wildman–Crippen LogP) is 2.77. The third kappa shape index (κ3) is 1.79. The highest BCUT2D eigenvalue weighted by molar-refractivity contribution is 7.17. The molecule has 1 aliphatic heterocycles. The van der Waals surface area contributed by atoms with Crippen LogP contribution in [0.25, 0.3) is 10.2 Å². The molecule has 5 nitrogen and oxygen atoms in total. The number of aryl methyl sites for hydroxylation is 1. The smallest absolute Gasteiger partial charge is 0.150 e. The molecule has 6 heteroatoms. The van der Waals surface area contributed by atoms with Crippen molar-refractivity contribution >= 4 is 27.4 Å². The number of thiophene rings is 1. The molecule has 1 aliphatic rings. The van der Waals surface area contributed by atoms with E-state index in [2.05, 4.69) is 37.6 Å². The number of fused-ring (bicyclic) bond motifs is 1. The second kappa shape index (κ2) is 4.56. The minimum atomic E-state index is 0.379. The molecule has 102 valence electrons. The molecule has 1 fully saturated rings. The summed E-state index contributed by atoms with van der Waals surface area (Å²) in [4.78, 5) is 11.3. The van der Waals surface area contributed by atoms with Crippen LogP contribution in [0.1, 0.15) is 24.4 Å². The number of aromatic nitrogens is 4. The Morgan fingerprint density at radius 1 is 1.35 bits per heavy atom. The van der Waals surface area contributed by atoms with E-state index >= 15 is 0 Å². The molecular weight excluding hydrogens is 270 g/mol. The molecule has 0 amide bonds.